The fourth-order valence-electron chi connectivity index (χ4n) is 5.81. The number of aromatic amines is 1. The highest BCUT2D eigenvalue weighted by Crippen LogP contribution is 2.55. The molecule has 5 nitrogen and oxygen atoms in total. The lowest BCUT2D eigenvalue weighted by Crippen LogP contribution is -2.60. The predicted octanol–water partition coefficient (Wildman–Crippen LogP) is 3.79. The number of aromatic nitrogens is 3. The number of thioether (sulfide) groups is 1. The second-order valence-electron chi connectivity index (χ2n) is 8.48. The minimum Gasteiger partial charge on any atom is -0.350 e. The third-order valence-corrected chi connectivity index (χ3v) is 7.22. The second-order valence-corrected chi connectivity index (χ2v) is 9.42. The average molecular weight is 386 g/mol. The fourth-order valence-corrected chi connectivity index (χ4v) is 6.41. The summed E-state index contributed by atoms with van der Waals surface area (Å²) in [5.41, 5.74) is 0.416. The van der Waals surface area contributed by atoms with Crippen LogP contribution in [0.25, 0.3) is 11.4 Å². The first-order valence-corrected chi connectivity index (χ1v) is 10.7. The van der Waals surface area contributed by atoms with E-state index < -0.39 is 0 Å². The highest BCUT2D eigenvalue weighted by Gasteiger charge is 2.51. The topological polar surface area (TPSA) is 70.7 Å². The Labute approximate surface area is 161 Å². The van der Waals surface area contributed by atoms with Crippen molar-refractivity contribution in [3.63, 3.8) is 0 Å². The SMILES string of the molecule is O=C(CSc1n[nH]c(-c2ccccc2F)n1)NC12CC3CC(CC(C3)C1)C2. The van der Waals surface area contributed by atoms with Gasteiger partial charge in [-0.2, -0.15) is 0 Å². The van der Waals surface area contributed by atoms with Crippen molar-refractivity contribution in [3.05, 3.63) is 30.1 Å². The van der Waals surface area contributed by atoms with E-state index in [0.29, 0.717) is 16.5 Å². The highest BCUT2D eigenvalue weighted by atomic mass is 32.2. The van der Waals surface area contributed by atoms with Gasteiger partial charge in [0.25, 0.3) is 0 Å². The molecule has 27 heavy (non-hydrogen) atoms. The Morgan fingerprint density at radius 1 is 1.19 bits per heavy atom. The van der Waals surface area contributed by atoms with Crippen LogP contribution in [0, 0.1) is 23.6 Å². The van der Waals surface area contributed by atoms with Crippen LogP contribution in [0.4, 0.5) is 4.39 Å². The molecule has 0 saturated heterocycles. The maximum absolute atomic E-state index is 13.9. The number of amides is 1. The van der Waals surface area contributed by atoms with Crippen molar-refractivity contribution in [2.24, 2.45) is 17.8 Å². The van der Waals surface area contributed by atoms with Gasteiger partial charge in [0.05, 0.1) is 11.3 Å². The molecule has 7 heteroatoms. The van der Waals surface area contributed by atoms with E-state index in [0.717, 1.165) is 37.0 Å². The van der Waals surface area contributed by atoms with Gasteiger partial charge in [-0.15, -0.1) is 5.10 Å². The maximum atomic E-state index is 13.9. The number of H-pyrrole nitrogens is 1. The van der Waals surface area contributed by atoms with Gasteiger partial charge in [0.2, 0.25) is 11.1 Å². The van der Waals surface area contributed by atoms with Crippen molar-refractivity contribution in [3.8, 4) is 11.4 Å². The molecule has 4 aliphatic rings. The van der Waals surface area contributed by atoms with E-state index in [9.17, 15) is 9.18 Å². The van der Waals surface area contributed by atoms with E-state index in [-0.39, 0.29) is 23.0 Å². The Morgan fingerprint density at radius 2 is 1.85 bits per heavy atom. The lowest BCUT2D eigenvalue weighted by atomic mass is 9.53. The average Bonchev–Trinajstić information content (AvgIpc) is 3.07. The fraction of sp³-hybridized carbons (Fsp3) is 0.550. The minimum absolute atomic E-state index is 0.0315. The number of benzene rings is 1. The first-order chi connectivity index (χ1) is 13.1. The van der Waals surface area contributed by atoms with Crippen molar-refractivity contribution in [1.29, 1.82) is 0 Å². The van der Waals surface area contributed by atoms with Crippen LogP contribution in [-0.2, 0) is 4.79 Å². The van der Waals surface area contributed by atoms with Crippen LogP contribution in [0.3, 0.4) is 0 Å². The highest BCUT2D eigenvalue weighted by molar-refractivity contribution is 7.99. The molecule has 4 aliphatic carbocycles. The van der Waals surface area contributed by atoms with E-state index in [4.69, 9.17) is 0 Å². The van der Waals surface area contributed by atoms with Crippen LogP contribution < -0.4 is 5.32 Å². The zero-order chi connectivity index (χ0) is 18.4. The van der Waals surface area contributed by atoms with Gasteiger partial charge in [-0.3, -0.25) is 9.89 Å². The van der Waals surface area contributed by atoms with Crippen LogP contribution in [0.1, 0.15) is 38.5 Å². The molecule has 4 fully saturated rings. The summed E-state index contributed by atoms with van der Waals surface area (Å²) in [7, 11) is 0. The Kier molecular flexibility index (Phi) is 4.22. The Morgan fingerprint density at radius 3 is 2.52 bits per heavy atom. The predicted molar refractivity (Wildman–Crippen MR) is 102 cm³/mol. The van der Waals surface area contributed by atoms with Gasteiger partial charge in [0.1, 0.15) is 5.82 Å². The summed E-state index contributed by atoms with van der Waals surface area (Å²) < 4.78 is 13.9. The maximum Gasteiger partial charge on any atom is 0.230 e. The zero-order valence-corrected chi connectivity index (χ0v) is 15.9. The van der Waals surface area contributed by atoms with Crippen molar-refractivity contribution in [1.82, 2.24) is 20.5 Å². The van der Waals surface area contributed by atoms with Crippen molar-refractivity contribution in [2.75, 3.05) is 5.75 Å². The van der Waals surface area contributed by atoms with E-state index in [1.54, 1.807) is 18.2 Å². The molecular weight excluding hydrogens is 363 g/mol. The van der Waals surface area contributed by atoms with Crippen LogP contribution >= 0.6 is 11.8 Å². The summed E-state index contributed by atoms with van der Waals surface area (Å²) in [6, 6.07) is 6.44. The Hall–Kier alpha value is -1.89. The standard InChI is InChI=1S/C20H23FN4OS/c21-16-4-2-1-3-15(16)18-22-19(25-24-18)27-11-17(26)23-20-8-12-5-13(9-20)7-14(6-12)10-20/h1-4,12-14H,5-11H2,(H,23,26)(H,22,24,25). The van der Waals surface area contributed by atoms with Crippen LogP contribution in [0.15, 0.2) is 29.4 Å². The molecule has 0 atom stereocenters. The van der Waals surface area contributed by atoms with Gasteiger partial charge in [-0.05, 0) is 68.4 Å². The van der Waals surface area contributed by atoms with Crippen molar-refractivity contribution in [2.45, 2.75) is 49.2 Å². The number of carbonyl (C=O) groups is 1. The van der Waals surface area contributed by atoms with Crippen LogP contribution in [0.5, 0.6) is 0 Å². The van der Waals surface area contributed by atoms with Crippen molar-refractivity contribution >= 4 is 17.7 Å². The molecule has 142 valence electrons. The van der Waals surface area contributed by atoms with Gasteiger partial charge in [-0.1, -0.05) is 23.9 Å². The lowest BCUT2D eigenvalue weighted by molar-refractivity contribution is -0.124. The first-order valence-electron chi connectivity index (χ1n) is 9.70. The number of halogens is 1. The van der Waals surface area contributed by atoms with Gasteiger partial charge in [-0.25, -0.2) is 9.37 Å². The molecule has 0 spiro atoms. The van der Waals surface area contributed by atoms with Crippen LogP contribution in [-0.4, -0.2) is 32.4 Å². The van der Waals surface area contributed by atoms with Crippen molar-refractivity contribution < 1.29 is 9.18 Å². The van der Waals surface area contributed by atoms with E-state index in [1.165, 1.54) is 37.1 Å². The molecule has 1 aromatic carbocycles. The number of rotatable bonds is 5. The summed E-state index contributed by atoms with van der Waals surface area (Å²) in [5, 5.41) is 10.7. The molecule has 2 N–H and O–H groups in total. The molecular formula is C20H23FN4OS. The second kappa shape index (κ2) is 6.62. The van der Waals surface area contributed by atoms with E-state index in [1.807, 2.05) is 0 Å². The van der Waals surface area contributed by atoms with Gasteiger partial charge < -0.3 is 5.32 Å². The lowest BCUT2D eigenvalue weighted by Gasteiger charge is -2.56. The molecule has 0 unspecified atom stereocenters. The summed E-state index contributed by atoms with van der Waals surface area (Å²) in [4.78, 5) is 16.9. The molecule has 4 saturated carbocycles. The number of hydrogen-bond donors (Lipinski definition) is 2. The Bertz CT molecular complexity index is 832. The van der Waals surface area contributed by atoms with Crippen LogP contribution in [0.2, 0.25) is 0 Å². The summed E-state index contributed by atoms with van der Waals surface area (Å²) in [6.07, 6.45) is 7.52. The third-order valence-electron chi connectivity index (χ3n) is 6.37. The van der Waals surface area contributed by atoms with Gasteiger partial charge >= 0.3 is 0 Å². The number of nitrogens with one attached hydrogen (secondary N) is 2. The molecule has 0 radical (unpaired) electrons. The first kappa shape index (κ1) is 17.2. The quantitative estimate of drug-likeness (QED) is 0.767. The summed E-state index contributed by atoms with van der Waals surface area (Å²) >= 11 is 1.29. The van der Waals surface area contributed by atoms with E-state index >= 15 is 0 Å². The molecule has 6 rings (SSSR count). The smallest absolute Gasteiger partial charge is 0.230 e. The number of hydrogen-bond acceptors (Lipinski definition) is 4. The number of carbonyl (C=O) groups excluding carboxylic acids is 1. The Balaban J connectivity index is 1.20. The minimum atomic E-state index is -0.343. The zero-order valence-electron chi connectivity index (χ0n) is 15.1. The molecule has 1 amide bonds. The van der Waals surface area contributed by atoms with Gasteiger partial charge in [0.15, 0.2) is 5.82 Å². The summed E-state index contributed by atoms with van der Waals surface area (Å²) in [5.74, 6) is 2.80. The molecule has 1 aromatic heterocycles. The molecule has 4 bridgehead atoms. The third kappa shape index (κ3) is 3.37. The van der Waals surface area contributed by atoms with Gasteiger partial charge in [0, 0.05) is 5.54 Å². The number of nitrogens with zero attached hydrogens (tertiary/aromatic N) is 2. The molecule has 1 heterocycles. The van der Waals surface area contributed by atoms with E-state index in [2.05, 4.69) is 20.5 Å². The normalized spacial score (nSPS) is 31.2. The molecule has 0 aliphatic heterocycles. The monoisotopic (exact) mass is 386 g/mol. The molecule has 2 aromatic rings. The largest absolute Gasteiger partial charge is 0.350 e. The summed E-state index contributed by atoms with van der Waals surface area (Å²) in [6.45, 7) is 0.